The number of aromatic nitrogens is 1. The lowest BCUT2D eigenvalue weighted by molar-refractivity contribution is -0.186. The van der Waals surface area contributed by atoms with Gasteiger partial charge in [-0.25, -0.2) is 4.79 Å². The molecule has 1 aliphatic carbocycles. The van der Waals surface area contributed by atoms with Crippen molar-refractivity contribution in [2.75, 3.05) is 13.1 Å². The average Bonchev–Trinajstić information content (AvgIpc) is 2.87. The Bertz CT molecular complexity index is 977. The molecule has 6 nitrogen and oxygen atoms in total. The number of pyridine rings is 1. The highest BCUT2D eigenvalue weighted by molar-refractivity contribution is 5.91. The molecule has 3 aliphatic rings. The van der Waals surface area contributed by atoms with Gasteiger partial charge in [0, 0.05) is 38.1 Å². The normalized spacial score (nSPS) is 22.8. The van der Waals surface area contributed by atoms with E-state index in [0.29, 0.717) is 25.5 Å². The molecule has 33 heavy (non-hydrogen) atoms. The van der Waals surface area contributed by atoms with Gasteiger partial charge in [-0.3, -0.25) is 9.78 Å². The molecule has 1 aromatic carbocycles. The van der Waals surface area contributed by atoms with Crippen LogP contribution in [0.2, 0.25) is 0 Å². The minimum atomic E-state index is -0.220. The van der Waals surface area contributed by atoms with E-state index >= 15 is 0 Å². The van der Waals surface area contributed by atoms with Gasteiger partial charge in [0.15, 0.2) is 0 Å². The molecule has 5 rings (SSSR count). The Balaban J connectivity index is 1.22. The van der Waals surface area contributed by atoms with Gasteiger partial charge in [-0.15, -0.1) is 0 Å². The number of carbonyl (C=O) groups is 2. The van der Waals surface area contributed by atoms with Crippen LogP contribution in [0.15, 0.2) is 48.8 Å². The fourth-order valence-corrected chi connectivity index (χ4v) is 6.11. The van der Waals surface area contributed by atoms with E-state index in [4.69, 9.17) is 0 Å². The first-order valence-electron chi connectivity index (χ1n) is 12.4. The van der Waals surface area contributed by atoms with Crippen molar-refractivity contribution >= 4 is 11.9 Å². The number of urea groups is 1. The van der Waals surface area contributed by atoms with Gasteiger partial charge >= 0.3 is 6.03 Å². The highest BCUT2D eigenvalue weighted by atomic mass is 16.2. The molecule has 3 amide bonds. The number of rotatable bonds is 4. The van der Waals surface area contributed by atoms with Crippen LogP contribution in [0.25, 0.3) is 0 Å². The average molecular weight is 447 g/mol. The summed E-state index contributed by atoms with van der Waals surface area (Å²) < 4.78 is 0. The molecule has 0 radical (unpaired) electrons. The standard InChI is InChI=1S/C27H34N4O2/c1-20-5-7-21(8-6-20)19-29-26(33)30-17-11-23(12-18-30)31-24(22-9-15-28-16-10-22)27(25(31)32)13-3-2-4-14-27/h5-10,15-16,23-24H,2-4,11-14,17-19H2,1H3,(H,29,33). The molecule has 6 heteroatoms. The Hall–Kier alpha value is -2.89. The van der Waals surface area contributed by atoms with E-state index in [-0.39, 0.29) is 23.5 Å². The maximum absolute atomic E-state index is 13.5. The predicted molar refractivity (Wildman–Crippen MR) is 127 cm³/mol. The molecule has 1 aromatic heterocycles. The molecular weight excluding hydrogens is 412 g/mol. The third-order valence-electron chi connectivity index (χ3n) is 7.94. The SMILES string of the molecule is Cc1ccc(CNC(=O)N2CCC(N3C(=O)C4(CCCCC4)C3c3ccncc3)CC2)cc1. The van der Waals surface area contributed by atoms with Crippen molar-refractivity contribution in [2.24, 2.45) is 5.41 Å². The van der Waals surface area contributed by atoms with E-state index in [0.717, 1.165) is 44.1 Å². The van der Waals surface area contributed by atoms with Gasteiger partial charge in [0.05, 0.1) is 11.5 Å². The Morgan fingerprint density at radius 2 is 1.70 bits per heavy atom. The number of likely N-dealkylation sites (tertiary alicyclic amines) is 2. The van der Waals surface area contributed by atoms with Crippen LogP contribution in [0.5, 0.6) is 0 Å². The third kappa shape index (κ3) is 4.11. The monoisotopic (exact) mass is 446 g/mol. The summed E-state index contributed by atoms with van der Waals surface area (Å²) in [6.07, 6.45) is 10.9. The largest absolute Gasteiger partial charge is 0.334 e. The first-order valence-corrected chi connectivity index (χ1v) is 12.4. The van der Waals surface area contributed by atoms with Crippen molar-refractivity contribution in [1.82, 2.24) is 20.1 Å². The second kappa shape index (κ2) is 9.16. The number of β-lactam (4-membered cyclic amide) rings is 1. The minimum Gasteiger partial charge on any atom is -0.334 e. The topological polar surface area (TPSA) is 65.5 Å². The van der Waals surface area contributed by atoms with Crippen molar-refractivity contribution in [2.45, 2.75) is 70.5 Å². The van der Waals surface area contributed by atoms with E-state index < -0.39 is 0 Å². The molecule has 2 saturated heterocycles. The van der Waals surface area contributed by atoms with Gasteiger partial charge < -0.3 is 15.1 Å². The molecule has 1 N–H and O–H groups in total. The number of hydrogen-bond donors (Lipinski definition) is 1. The van der Waals surface area contributed by atoms with Crippen molar-refractivity contribution < 1.29 is 9.59 Å². The van der Waals surface area contributed by atoms with Crippen LogP contribution in [0.4, 0.5) is 4.79 Å². The number of piperidine rings is 1. The number of aryl methyl sites for hydroxylation is 1. The third-order valence-corrected chi connectivity index (χ3v) is 7.94. The first-order chi connectivity index (χ1) is 16.1. The lowest BCUT2D eigenvalue weighted by Crippen LogP contribution is -2.68. The summed E-state index contributed by atoms with van der Waals surface area (Å²) in [6, 6.07) is 12.7. The van der Waals surface area contributed by atoms with E-state index in [2.05, 4.69) is 58.5 Å². The molecule has 2 aliphatic heterocycles. The summed E-state index contributed by atoms with van der Waals surface area (Å²) in [4.78, 5) is 34.5. The van der Waals surface area contributed by atoms with Crippen LogP contribution in [-0.2, 0) is 11.3 Å². The van der Waals surface area contributed by atoms with Crippen LogP contribution in [0, 0.1) is 12.3 Å². The molecule has 174 valence electrons. The van der Waals surface area contributed by atoms with E-state index in [1.807, 2.05) is 17.3 Å². The van der Waals surface area contributed by atoms with Crippen LogP contribution < -0.4 is 5.32 Å². The van der Waals surface area contributed by atoms with Gasteiger partial charge in [0.1, 0.15) is 0 Å². The Kier molecular flexibility index (Phi) is 6.09. The van der Waals surface area contributed by atoms with Crippen molar-refractivity contribution in [3.05, 3.63) is 65.5 Å². The zero-order valence-electron chi connectivity index (χ0n) is 19.5. The Labute approximate surface area is 196 Å². The number of nitrogens with zero attached hydrogens (tertiary/aromatic N) is 3. The second-order valence-electron chi connectivity index (χ2n) is 9.97. The smallest absolute Gasteiger partial charge is 0.317 e. The molecule has 1 unspecified atom stereocenters. The van der Waals surface area contributed by atoms with Crippen molar-refractivity contribution in [1.29, 1.82) is 0 Å². The quantitative estimate of drug-likeness (QED) is 0.698. The maximum atomic E-state index is 13.5. The van der Waals surface area contributed by atoms with Gasteiger partial charge in [0.25, 0.3) is 0 Å². The number of nitrogens with one attached hydrogen (secondary N) is 1. The zero-order valence-corrected chi connectivity index (χ0v) is 19.5. The summed E-state index contributed by atoms with van der Waals surface area (Å²) in [5.41, 5.74) is 3.31. The van der Waals surface area contributed by atoms with Crippen LogP contribution in [-0.4, -0.2) is 45.9 Å². The Morgan fingerprint density at radius 1 is 1.03 bits per heavy atom. The molecule has 1 atom stereocenters. The van der Waals surface area contributed by atoms with Gasteiger partial charge in [0.2, 0.25) is 5.91 Å². The second-order valence-corrected chi connectivity index (χ2v) is 9.97. The zero-order chi connectivity index (χ0) is 22.8. The molecule has 3 heterocycles. The fraction of sp³-hybridized carbons (Fsp3) is 0.519. The first kappa shape index (κ1) is 21.9. The summed E-state index contributed by atoms with van der Waals surface area (Å²) >= 11 is 0. The summed E-state index contributed by atoms with van der Waals surface area (Å²) in [5.74, 6) is 0.339. The van der Waals surface area contributed by atoms with Gasteiger partial charge in [-0.2, -0.15) is 0 Å². The highest BCUT2D eigenvalue weighted by Crippen LogP contribution is 2.59. The number of hydrogen-bond acceptors (Lipinski definition) is 3. The van der Waals surface area contributed by atoms with Gasteiger partial charge in [-0.1, -0.05) is 49.1 Å². The molecule has 0 bridgehead atoms. The minimum absolute atomic E-state index is 0.0154. The molecule has 3 fully saturated rings. The predicted octanol–water partition coefficient (Wildman–Crippen LogP) is 4.60. The lowest BCUT2D eigenvalue weighted by Gasteiger charge is -2.61. The summed E-state index contributed by atoms with van der Waals surface area (Å²) in [6.45, 7) is 3.97. The lowest BCUT2D eigenvalue weighted by atomic mass is 9.59. The summed E-state index contributed by atoms with van der Waals surface area (Å²) in [7, 11) is 0. The van der Waals surface area contributed by atoms with E-state index in [1.165, 1.54) is 17.5 Å². The number of benzene rings is 1. The van der Waals surface area contributed by atoms with Crippen LogP contribution in [0.1, 0.15) is 67.7 Å². The molecular formula is C27H34N4O2. The fourth-order valence-electron chi connectivity index (χ4n) is 6.11. The summed E-state index contributed by atoms with van der Waals surface area (Å²) in [5, 5.41) is 3.05. The Morgan fingerprint density at radius 3 is 2.36 bits per heavy atom. The van der Waals surface area contributed by atoms with Gasteiger partial charge in [-0.05, 0) is 55.9 Å². The molecule has 1 spiro atoms. The van der Waals surface area contributed by atoms with Crippen molar-refractivity contribution in [3.8, 4) is 0 Å². The van der Waals surface area contributed by atoms with E-state index in [1.54, 1.807) is 0 Å². The molecule has 1 saturated carbocycles. The maximum Gasteiger partial charge on any atom is 0.317 e. The highest BCUT2D eigenvalue weighted by Gasteiger charge is 2.62. The van der Waals surface area contributed by atoms with Crippen LogP contribution in [0.3, 0.4) is 0 Å². The van der Waals surface area contributed by atoms with Crippen molar-refractivity contribution in [3.63, 3.8) is 0 Å². The molecule has 2 aromatic rings. The van der Waals surface area contributed by atoms with Crippen LogP contribution >= 0.6 is 0 Å². The van der Waals surface area contributed by atoms with E-state index in [9.17, 15) is 9.59 Å². The number of carbonyl (C=O) groups excluding carboxylic acids is 2. The number of amides is 3.